The van der Waals surface area contributed by atoms with E-state index < -0.39 is 5.97 Å². The fourth-order valence-corrected chi connectivity index (χ4v) is 2.00. The van der Waals surface area contributed by atoms with Gasteiger partial charge < -0.3 is 9.63 Å². The Morgan fingerprint density at radius 3 is 2.86 bits per heavy atom. The van der Waals surface area contributed by atoms with Gasteiger partial charge in [0, 0.05) is 13.0 Å². The highest BCUT2D eigenvalue weighted by Crippen LogP contribution is 2.12. The van der Waals surface area contributed by atoms with Gasteiger partial charge in [0.05, 0.1) is 13.0 Å². The lowest BCUT2D eigenvalue weighted by Gasteiger charge is -2.11. The second kappa shape index (κ2) is 6.99. The van der Waals surface area contributed by atoms with Crippen LogP contribution in [0.25, 0.3) is 0 Å². The predicted molar refractivity (Wildman–Crippen MR) is 76.9 cm³/mol. The molecule has 0 aliphatic carbocycles. The second-order valence-electron chi connectivity index (χ2n) is 5.09. The molecule has 1 heterocycles. The van der Waals surface area contributed by atoms with Crippen molar-refractivity contribution in [3.05, 3.63) is 47.1 Å². The monoisotopic (exact) mass is 289 g/mol. The molecule has 112 valence electrons. The third-order valence-electron chi connectivity index (χ3n) is 3.23. The maximum Gasteiger partial charge on any atom is 0.304 e. The van der Waals surface area contributed by atoms with Crippen molar-refractivity contribution in [2.45, 2.75) is 26.3 Å². The molecule has 6 heteroatoms. The third-order valence-corrected chi connectivity index (χ3v) is 3.23. The summed E-state index contributed by atoms with van der Waals surface area (Å²) < 4.78 is 5.20. The van der Waals surface area contributed by atoms with Gasteiger partial charge in [0.25, 0.3) is 0 Å². The van der Waals surface area contributed by atoms with E-state index in [0.29, 0.717) is 31.2 Å². The number of carbonyl (C=O) groups is 1. The minimum absolute atomic E-state index is 0.0979. The van der Waals surface area contributed by atoms with Crippen molar-refractivity contribution >= 4 is 5.97 Å². The molecule has 1 N–H and O–H groups in total. The Labute approximate surface area is 123 Å². The van der Waals surface area contributed by atoms with Crippen molar-refractivity contribution in [3.8, 4) is 0 Å². The van der Waals surface area contributed by atoms with Gasteiger partial charge in [0.1, 0.15) is 0 Å². The number of aromatic nitrogens is 2. The lowest BCUT2D eigenvalue weighted by Crippen LogP contribution is -2.21. The summed E-state index contributed by atoms with van der Waals surface area (Å²) in [5.74, 6) is 0.338. The van der Waals surface area contributed by atoms with Crippen LogP contribution in [0.1, 0.15) is 29.3 Å². The quantitative estimate of drug-likeness (QED) is 0.838. The van der Waals surface area contributed by atoms with Crippen molar-refractivity contribution in [3.63, 3.8) is 0 Å². The lowest BCUT2D eigenvalue weighted by molar-refractivity contribution is -0.137. The van der Waals surface area contributed by atoms with Crippen molar-refractivity contribution < 1.29 is 14.4 Å². The van der Waals surface area contributed by atoms with Gasteiger partial charge in [0.15, 0.2) is 5.82 Å². The van der Waals surface area contributed by atoms with Gasteiger partial charge in [-0.15, -0.1) is 0 Å². The molecule has 6 nitrogen and oxygen atoms in total. The smallest absolute Gasteiger partial charge is 0.304 e. The zero-order valence-corrected chi connectivity index (χ0v) is 12.2. The van der Waals surface area contributed by atoms with Crippen LogP contribution in [-0.4, -0.2) is 39.7 Å². The van der Waals surface area contributed by atoms with Gasteiger partial charge in [-0.25, -0.2) is 0 Å². The van der Waals surface area contributed by atoms with Crippen LogP contribution >= 0.6 is 0 Å². The maximum absolute atomic E-state index is 10.5. The molecule has 0 aliphatic heterocycles. The molecular formula is C15H19N3O3. The first kappa shape index (κ1) is 15.2. The van der Waals surface area contributed by atoms with Gasteiger partial charge in [-0.05, 0) is 25.1 Å². The van der Waals surface area contributed by atoms with Crippen molar-refractivity contribution in [1.82, 2.24) is 15.0 Å². The molecule has 0 radical (unpaired) electrons. The fraction of sp³-hybridized carbons (Fsp3) is 0.400. The standard InChI is InChI=1S/C15H19N3O3/c1-11-5-3-4-6-12(11)9-13-16-14(21-17-13)10-18(2)8-7-15(19)20/h3-6H,7-10H2,1-2H3,(H,19,20). The highest BCUT2D eigenvalue weighted by molar-refractivity contribution is 5.66. The molecular weight excluding hydrogens is 270 g/mol. The first-order valence-electron chi connectivity index (χ1n) is 6.81. The van der Waals surface area contributed by atoms with Crippen LogP contribution in [0, 0.1) is 6.92 Å². The van der Waals surface area contributed by atoms with E-state index in [9.17, 15) is 4.79 Å². The summed E-state index contributed by atoms with van der Waals surface area (Å²) >= 11 is 0. The van der Waals surface area contributed by atoms with E-state index in [1.165, 1.54) is 11.1 Å². The summed E-state index contributed by atoms with van der Waals surface area (Å²) in [5.41, 5.74) is 2.37. The number of carboxylic acids is 1. The van der Waals surface area contributed by atoms with E-state index in [0.717, 1.165) is 0 Å². The Balaban J connectivity index is 1.92. The van der Waals surface area contributed by atoms with E-state index in [4.69, 9.17) is 9.63 Å². The Bertz CT molecular complexity index is 610. The van der Waals surface area contributed by atoms with Crippen LogP contribution in [0.5, 0.6) is 0 Å². The van der Waals surface area contributed by atoms with Gasteiger partial charge in [-0.3, -0.25) is 9.69 Å². The van der Waals surface area contributed by atoms with Crippen molar-refractivity contribution in [1.29, 1.82) is 0 Å². The van der Waals surface area contributed by atoms with Crippen LogP contribution in [0.3, 0.4) is 0 Å². The average Bonchev–Trinajstić information content (AvgIpc) is 2.86. The normalized spacial score (nSPS) is 11.0. The number of aliphatic carboxylic acids is 1. The molecule has 0 atom stereocenters. The van der Waals surface area contributed by atoms with E-state index in [1.54, 1.807) is 0 Å². The summed E-state index contributed by atoms with van der Waals surface area (Å²) in [4.78, 5) is 16.7. The average molecular weight is 289 g/mol. The number of hydrogen-bond donors (Lipinski definition) is 1. The summed E-state index contributed by atoms with van der Waals surface area (Å²) in [6.45, 7) is 2.95. The highest BCUT2D eigenvalue weighted by atomic mass is 16.5. The largest absolute Gasteiger partial charge is 0.481 e. The Hall–Kier alpha value is -2.21. The Kier molecular flexibility index (Phi) is 5.05. The number of nitrogens with zero attached hydrogens (tertiary/aromatic N) is 3. The summed E-state index contributed by atoms with van der Waals surface area (Å²) in [7, 11) is 1.83. The molecule has 0 bridgehead atoms. The Morgan fingerprint density at radius 1 is 1.38 bits per heavy atom. The number of hydrogen-bond acceptors (Lipinski definition) is 5. The summed E-state index contributed by atoms with van der Waals surface area (Å²) in [6, 6.07) is 8.08. The van der Waals surface area contributed by atoms with Gasteiger partial charge in [-0.1, -0.05) is 29.4 Å². The number of rotatable bonds is 7. The van der Waals surface area contributed by atoms with Gasteiger partial charge in [0.2, 0.25) is 5.89 Å². The predicted octanol–water partition coefficient (Wildman–Crippen LogP) is 1.88. The molecule has 0 saturated heterocycles. The van der Waals surface area contributed by atoms with E-state index in [2.05, 4.69) is 23.1 Å². The Morgan fingerprint density at radius 2 is 2.14 bits per heavy atom. The lowest BCUT2D eigenvalue weighted by atomic mass is 10.1. The van der Waals surface area contributed by atoms with Crippen molar-refractivity contribution in [2.75, 3.05) is 13.6 Å². The molecule has 2 aromatic rings. The van der Waals surface area contributed by atoms with Gasteiger partial charge in [-0.2, -0.15) is 4.98 Å². The van der Waals surface area contributed by atoms with Crippen LogP contribution in [0.4, 0.5) is 0 Å². The maximum atomic E-state index is 10.5. The highest BCUT2D eigenvalue weighted by Gasteiger charge is 2.11. The van der Waals surface area contributed by atoms with Crippen LogP contribution < -0.4 is 0 Å². The minimum Gasteiger partial charge on any atom is -0.481 e. The molecule has 2 rings (SSSR count). The first-order chi connectivity index (χ1) is 10.0. The number of aryl methyl sites for hydroxylation is 1. The molecule has 21 heavy (non-hydrogen) atoms. The van der Waals surface area contributed by atoms with E-state index in [-0.39, 0.29) is 6.42 Å². The zero-order chi connectivity index (χ0) is 15.2. The van der Waals surface area contributed by atoms with Crippen LogP contribution in [-0.2, 0) is 17.8 Å². The van der Waals surface area contributed by atoms with Crippen LogP contribution in [0.15, 0.2) is 28.8 Å². The van der Waals surface area contributed by atoms with E-state index >= 15 is 0 Å². The summed E-state index contributed by atoms with van der Waals surface area (Å²) in [5, 5.41) is 12.6. The number of carboxylic acid groups (broad SMARTS) is 1. The molecule has 0 unspecified atom stereocenters. The molecule has 0 amide bonds. The van der Waals surface area contributed by atoms with Crippen LogP contribution in [0.2, 0.25) is 0 Å². The molecule has 0 saturated carbocycles. The summed E-state index contributed by atoms with van der Waals surface area (Å²) in [6.07, 6.45) is 0.732. The molecule has 0 spiro atoms. The second-order valence-corrected chi connectivity index (χ2v) is 5.09. The van der Waals surface area contributed by atoms with Gasteiger partial charge >= 0.3 is 5.97 Å². The fourth-order valence-electron chi connectivity index (χ4n) is 2.00. The molecule has 1 aromatic heterocycles. The van der Waals surface area contributed by atoms with Crippen molar-refractivity contribution in [2.24, 2.45) is 0 Å². The van der Waals surface area contributed by atoms with E-state index in [1.807, 2.05) is 30.1 Å². The molecule has 0 aliphatic rings. The zero-order valence-electron chi connectivity index (χ0n) is 12.2. The minimum atomic E-state index is -0.812. The molecule has 1 aromatic carbocycles. The number of benzene rings is 1. The first-order valence-corrected chi connectivity index (χ1v) is 6.81. The molecule has 0 fully saturated rings. The topological polar surface area (TPSA) is 79.5 Å². The third kappa shape index (κ3) is 4.68. The SMILES string of the molecule is Cc1ccccc1Cc1noc(CN(C)CCC(=O)O)n1.